The summed E-state index contributed by atoms with van der Waals surface area (Å²) in [6.45, 7) is 5.84. The molecule has 2 saturated carbocycles. The minimum Gasteiger partial charge on any atom is -0.343 e. The molecule has 4 heteroatoms. The molecule has 6 unspecified atom stereocenters. The maximum Gasteiger partial charge on any atom is 0.227 e. The molecular weight excluding hydrogens is 284 g/mol. The maximum atomic E-state index is 12.8. The molecule has 120 valence electrons. The summed E-state index contributed by atoms with van der Waals surface area (Å²) in [7, 11) is 0. The van der Waals surface area contributed by atoms with Crippen LogP contribution in [0.5, 0.6) is 0 Å². The van der Waals surface area contributed by atoms with Gasteiger partial charge in [0.15, 0.2) is 0 Å². The Hall–Kier alpha value is -0.280. The van der Waals surface area contributed by atoms with Crippen molar-refractivity contribution in [2.45, 2.75) is 69.8 Å². The molecule has 0 radical (unpaired) electrons. The van der Waals surface area contributed by atoms with Crippen LogP contribution in [0.25, 0.3) is 0 Å². The summed E-state index contributed by atoms with van der Waals surface area (Å²) in [6, 6.07) is 1.02. The van der Waals surface area contributed by atoms with Crippen molar-refractivity contribution >= 4 is 17.5 Å². The van der Waals surface area contributed by atoms with E-state index >= 15 is 0 Å². The van der Waals surface area contributed by atoms with Gasteiger partial charge in [-0.25, -0.2) is 0 Å². The fourth-order valence-electron chi connectivity index (χ4n) is 5.08. The van der Waals surface area contributed by atoms with E-state index in [1.54, 1.807) is 0 Å². The Labute approximate surface area is 133 Å². The Kier molecular flexibility index (Phi) is 4.80. The monoisotopic (exact) mass is 312 g/mol. The number of nitrogens with zero attached hydrogens (tertiary/aromatic N) is 1. The molecule has 6 atom stereocenters. The van der Waals surface area contributed by atoms with Crippen molar-refractivity contribution in [2.24, 2.45) is 17.8 Å². The van der Waals surface area contributed by atoms with E-state index in [1.165, 1.54) is 19.3 Å². The van der Waals surface area contributed by atoms with Gasteiger partial charge in [0.2, 0.25) is 5.91 Å². The van der Waals surface area contributed by atoms with Gasteiger partial charge in [0.05, 0.1) is 5.92 Å². The van der Waals surface area contributed by atoms with Crippen molar-refractivity contribution in [3.05, 3.63) is 0 Å². The third kappa shape index (κ3) is 2.84. The summed E-state index contributed by atoms with van der Waals surface area (Å²) in [5, 5.41) is 4.20. The number of alkyl halides is 1. The number of carbonyl (C=O) groups excluding carboxylic acids is 1. The zero-order valence-electron chi connectivity index (χ0n) is 13.4. The molecule has 1 heterocycles. The van der Waals surface area contributed by atoms with Crippen molar-refractivity contribution in [1.29, 1.82) is 0 Å². The van der Waals surface area contributed by atoms with E-state index in [0.29, 0.717) is 35.2 Å². The number of nitrogens with one attached hydrogen (secondary N) is 1. The highest BCUT2D eigenvalue weighted by molar-refractivity contribution is 6.20. The smallest absolute Gasteiger partial charge is 0.227 e. The van der Waals surface area contributed by atoms with Gasteiger partial charge < -0.3 is 10.2 Å². The Morgan fingerprint density at radius 3 is 2.62 bits per heavy atom. The van der Waals surface area contributed by atoms with Crippen LogP contribution in [-0.4, -0.2) is 41.4 Å². The molecule has 0 bridgehead atoms. The molecular formula is C17H29ClN2O. The number of amides is 1. The van der Waals surface area contributed by atoms with Gasteiger partial charge in [-0.1, -0.05) is 6.42 Å². The van der Waals surface area contributed by atoms with Gasteiger partial charge in [-0.3, -0.25) is 4.79 Å². The summed E-state index contributed by atoms with van der Waals surface area (Å²) in [4.78, 5) is 14.8. The Morgan fingerprint density at radius 2 is 1.90 bits per heavy atom. The molecule has 1 saturated heterocycles. The molecule has 2 aliphatic carbocycles. The van der Waals surface area contributed by atoms with Gasteiger partial charge in [0.25, 0.3) is 0 Å². The predicted octanol–water partition coefficient (Wildman–Crippen LogP) is 3.02. The lowest BCUT2D eigenvalue weighted by Crippen LogP contribution is -2.48. The number of halogens is 1. The van der Waals surface area contributed by atoms with Gasteiger partial charge in [-0.05, 0) is 57.8 Å². The van der Waals surface area contributed by atoms with Crippen LogP contribution >= 0.6 is 11.6 Å². The highest BCUT2D eigenvalue weighted by atomic mass is 35.5. The first-order valence-corrected chi connectivity index (χ1v) is 9.28. The number of hydrogen-bond acceptors (Lipinski definition) is 2. The van der Waals surface area contributed by atoms with E-state index in [9.17, 15) is 4.79 Å². The summed E-state index contributed by atoms with van der Waals surface area (Å²) < 4.78 is 0. The molecule has 0 aromatic heterocycles. The fraction of sp³-hybridized carbons (Fsp3) is 0.941. The van der Waals surface area contributed by atoms with Crippen LogP contribution in [0.15, 0.2) is 0 Å². The van der Waals surface area contributed by atoms with Crippen molar-refractivity contribution in [3.63, 3.8) is 0 Å². The van der Waals surface area contributed by atoms with Crippen molar-refractivity contribution in [1.82, 2.24) is 10.2 Å². The quantitative estimate of drug-likeness (QED) is 0.813. The standard InChI is InChI=1S/C17H29ClN2O/c1-3-20(4-2)17(21)13-7-5-6-12-14-10-11(18)8-9-15(14)19-16(12)13/h11-16,19H,3-10H2,1-2H3. The third-order valence-electron chi connectivity index (χ3n) is 6.13. The molecule has 3 aliphatic rings. The average molecular weight is 313 g/mol. The second-order valence-electron chi connectivity index (χ2n) is 7.08. The molecule has 3 rings (SSSR count). The minimum atomic E-state index is 0.197. The topological polar surface area (TPSA) is 32.3 Å². The Morgan fingerprint density at radius 1 is 1.14 bits per heavy atom. The molecule has 1 N–H and O–H groups in total. The summed E-state index contributed by atoms with van der Waals surface area (Å²) in [5.74, 6) is 1.96. The van der Waals surface area contributed by atoms with Gasteiger partial charge in [-0.15, -0.1) is 11.6 Å². The SMILES string of the molecule is CCN(CC)C(=O)C1CCCC2C3CC(Cl)CCC3NC12. The first-order chi connectivity index (χ1) is 10.2. The lowest BCUT2D eigenvalue weighted by atomic mass is 9.70. The van der Waals surface area contributed by atoms with Crippen molar-refractivity contribution < 1.29 is 4.79 Å². The predicted molar refractivity (Wildman–Crippen MR) is 86.5 cm³/mol. The van der Waals surface area contributed by atoms with Gasteiger partial charge >= 0.3 is 0 Å². The first kappa shape index (κ1) is 15.6. The lowest BCUT2D eigenvalue weighted by Gasteiger charge is -2.37. The van der Waals surface area contributed by atoms with Crippen molar-refractivity contribution in [3.8, 4) is 0 Å². The number of fused-ring (bicyclic) bond motifs is 3. The minimum absolute atomic E-state index is 0.197. The van der Waals surface area contributed by atoms with E-state index < -0.39 is 0 Å². The lowest BCUT2D eigenvalue weighted by molar-refractivity contribution is -0.137. The molecule has 1 amide bonds. The van der Waals surface area contributed by atoms with Crippen LogP contribution in [0.1, 0.15) is 52.4 Å². The summed E-state index contributed by atoms with van der Waals surface area (Å²) in [5.41, 5.74) is 0. The average Bonchev–Trinajstić information content (AvgIpc) is 2.86. The first-order valence-electron chi connectivity index (χ1n) is 8.84. The largest absolute Gasteiger partial charge is 0.343 e. The zero-order valence-corrected chi connectivity index (χ0v) is 14.1. The van der Waals surface area contributed by atoms with E-state index in [2.05, 4.69) is 19.2 Å². The molecule has 0 aromatic carbocycles. The normalized spacial score (nSPS) is 42.2. The third-order valence-corrected chi connectivity index (χ3v) is 6.53. The van der Waals surface area contributed by atoms with E-state index in [-0.39, 0.29) is 5.92 Å². The fourth-order valence-corrected chi connectivity index (χ4v) is 5.41. The molecule has 0 aromatic rings. The maximum absolute atomic E-state index is 12.8. The van der Waals surface area contributed by atoms with Crippen LogP contribution in [0, 0.1) is 17.8 Å². The number of rotatable bonds is 3. The van der Waals surface area contributed by atoms with Crippen LogP contribution < -0.4 is 5.32 Å². The van der Waals surface area contributed by atoms with Crippen LogP contribution in [0.3, 0.4) is 0 Å². The molecule has 1 aliphatic heterocycles. The van der Waals surface area contributed by atoms with Crippen LogP contribution in [0.2, 0.25) is 0 Å². The van der Waals surface area contributed by atoms with Crippen LogP contribution in [-0.2, 0) is 4.79 Å². The Balaban J connectivity index is 1.75. The second-order valence-corrected chi connectivity index (χ2v) is 7.70. The number of carbonyl (C=O) groups is 1. The van der Waals surface area contributed by atoms with E-state index in [0.717, 1.165) is 32.4 Å². The summed E-state index contributed by atoms with van der Waals surface area (Å²) >= 11 is 6.41. The summed E-state index contributed by atoms with van der Waals surface area (Å²) in [6.07, 6.45) is 7.02. The van der Waals surface area contributed by atoms with Gasteiger partial charge in [0.1, 0.15) is 0 Å². The molecule has 21 heavy (non-hydrogen) atoms. The second kappa shape index (κ2) is 6.45. The van der Waals surface area contributed by atoms with E-state index in [1.807, 2.05) is 4.90 Å². The Bertz CT molecular complexity index is 385. The molecule has 3 nitrogen and oxygen atoms in total. The number of hydrogen-bond donors (Lipinski definition) is 1. The zero-order chi connectivity index (χ0) is 15.0. The highest BCUT2D eigenvalue weighted by Gasteiger charge is 2.51. The van der Waals surface area contributed by atoms with Gasteiger partial charge in [-0.2, -0.15) is 0 Å². The van der Waals surface area contributed by atoms with Crippen LogP contribution in [0.4, 0.5) is 0 Å². The van der Waals surface area contributed by atoms with E-state index in [4.69, 9.17) is 11.6 Å². The van der Waals surface area contributed by atoms with Crippen molar-refractivity contribution in [2.75, 3.05) is 13.1 Å². The molecule has 3 fully saturated rings. The highest BCUT2D eigenvalue weighted by Crippen LogP contribution is 2.47. The van der Waals surface area contributed by atoms with Gasteiger partial charge in [0, 0.05) is 30.6 Å². The molecule has 0 spiro atoms.